The molecule has 0 saturated carbocycles. The fourth-order valence-corrected chi connectivity index (χ4v) is 4.72. The van der Waals surface area contributed by atoms with Crippen LogP contribution in [0.4, 0.5) is 4.39 Å². The molecule has 5 rings (SSSR count). The number of amides is 1. The van der Waals surface area contributed by atoms with Crippen molar-refractivity contribution in [1.29, 1.82) is 0 Å². The molecule has 1 saturated heterocycles. The number of hydrogen-bond acceptors (Lipinski definition) is 2. The number of carbonyl (C=O) groups is 1. The van der Waals surface area contributed by atoms with Crippen LogP contribution in [0.25, 0.3) is 16.6 Å². The molecule has 170 valence electrons. The van der Waals surface area contributed by atoms with Crippen LogP contribution in [0.15, 0.2) is 72.9 Å². The number of fused-ring (bicyclic) bond motifs is 1. The van der Waals surface area contributed by atoms with Crippen LogP contribution in [0, 0.1) is 5.82 Å². The SMILES string of the molecule is Cl.O=C(c1c(Cc2c(F)cccc2Cl)c(-c2ccccc2)c2ccccn12)N1CCNCC1. The Labute approximate surface area is 203 Å². The van der Waals surface area contributed by atoms with Gasteiger partial charge in [-0.05, 0) is 35.4 Å². The summed E-state index contributed by atoms with van der Waals surface area (Å²) in [7, 11) is 0. The standard InChI is InChI=1S/C26H23ClFN3O.ClH/c27-21-9-6-10-22(28)19(21)17-20-24(18-7-2-1-3-8-18)23-11-4-5-14-31(23)25(20)26(32)30-15-12-29-13-16-30;/h1-11,14,29H,12-13,15-17H2;1H. The molecule has 1 N–H and O–H groups in total. The van der Waals surface area contributed by atoms with Gasteiger partial charge < -0.3 is 14.6 Å². The molecular formula is C26H24Cl2FN3O. The minimum Gasteiger partial charge on any atom is -0.335 e. The molecule has 0 unspecified atom stereocenters. The summed E-state index contributed by atoms with van der Waals surface area (Å²) in [5, 5.41) is 3.65. The molecule has 0 radical (unpaired) electrons. The van der Waals surface area contributed by atoms with E-state index in [-0.39, 0.29) is 30.6 Å². The molecule has 2 aromatic heterocycles. The fourth-order valence-electron chi connectivity index (χ4n) is 4.49. The zero-order chi connectivity index (χ0) is 22.1. The van der Waals surface area contributed by atoms with Gasteiger partial charge in [-0.15, -0.1) is 12.4 Å². The van der Waals surface area contributed by atoms with Crippen LogP contribution in [0.1, 0.15) is 21.6 Å². The van der Waals surface area contributed by atoms with E-state index in [1.54, 1.807) is 12.1 Å². The molecule has 1 aliphatic rings. The molecular weight excluding hydrogens is 460 g/mol. The Kier molecular flexibility index (Phi) is 7.03. The van der Waals surface area contributed by atoms with Gasteiger partial charge in [0, 0.05) is 54.9 Å². The average molecular weight is 484 g/mol. The first-order valence-corrected chi connectivity index (χ1v) is 11.1. The lowest BCUT2D eigenvalue weighted by Crippen LogP contribution is -2.46. The van der Waals surface area contributed by atoms with Crippen molar-refractivity contribution in [3.8, 4) is 11.1 Å². The van der Waals surface area contributed by atoms with Crippen molar-refractivity contribution in [2.24, 2.45) is 0 Å². The van der Waals surface area contributed by atoms with E-state index in [4.69, 9.17) is 11.6 Å². The summed E-state index contributed by atoms with van der Waals surface area (Å²) >= 11 is 6.41. The Bertz CT molecular complexity index is 1260. The molecule has 4 aromatic rings. The number of nitrogens with zero attached hydrogens (tertiary/aromatic N) is 2. The largest absolute Gasteiger partial charge is 0.335 e. The molecule has 1 fully saturated rings. The molecule has 0 atom stereocenters. The van der Waals surface area contributed by atoms with E-state index in [0.29, 0.717) is 29.4 Å². The van der Waals surface area contributed by atoms with Crippen LogP contribution in [-0.4, -0.2) is 41.4 Å². The maximum absolute atomic E-state index is 14.8. The van der Waals surface area contributed by atoms with Crippen molar-refractivity contribution in [2.45, 2.75) is 6.42 Å². The summed E-state index contributed by atoms with van der Waals surface area (Å²) in [5.41, 5.74) is 4.59. The number of aromatic nitrogens is 1. The highest BCUT2D eigenvalue weighted by Gasteiger charge is 2.29. The maximum atomic E-state index is 14.8. The number of halogens is 3. The summed E-state index contributed by atoms with van der Waals surface area (Å²) in [6, 6.07) is 20.5. The van der Waals surface area contributed by atoms with E-state index in [2.05, 4.69) is 5.32 Å². The van der Waals surface area contributed by atoms with Crippen molar-refractivity contribution in [3.63, 3.8) is 0 Å². The molecule has 7 heteroatoms. The highest BCUT2D eigenvalue weighted by molar-refractivity contribution is 6.31. The summed E-state index contributed by atoms with van der Waals surface area (Å²) in [4.78, 5) is 15.7. The second-order valence-corrected chi connectivity index (χ2v) is 8.35. The zero-order valence-corrected chi connectivity index (χ0v) is 19.5. The Morgan fingerprint density at radius 1 is 0.939 bits per heavy atom. The summed E-state index contributed by atoms with van der Waals surface area (Å²) in [6.07, 6.45) is 2.13. The number of hydrogen-bond donors (Lipinski definition) is 1. The second kappa shape index (κ2) is 9.96. The number of piperazine rings is 1. The Morgan fingerprint density at radius 2 is 1.67 bits per heavy atom. The topological polar surface area (TPSA) is 36.8 Å². The molecule has 0 aliphatic carbocycles. The minimum atomic E-state index is -0.368. The van der Waals surface area contributed by atoms with Gasteiger partial charge in [0.25, 0.3) is 5.91 Å². The quantitative estimate of drug-likeness (QED) is 0.418. The lowest BCUT2D eigenvalue weighted by molar-refractivity contribution is 0.0728. The van der Waals surface area contributed by atoms with Gasteiger partial charge in [0.15, 0.2) is 0 Å². The number of rotatable bonds is 4. The third-order valence-corrected chi connectivity index (χ3v) is 6.38. The highest BCUT2D eigenvalue weighted by Crippen LogP contribution is 2.37. The van der Waals surface area contributed by atoms with Crippen molar-refractivity contribution in [1.82, 2.24) is 14.6 Å². The van der Waals surface area contributed by atoms with Gasteiger partial charge in [0.05, 0.1) is 5.52 Å². The van der Waals surface area contributed by atoms with Crippen LogP contribution < -0.4 is 5.32 Å². The monoisotopic (exact) mass is 483 g/mol. The van der Waals surface area contributed by atoms with Crippen molar-refractivity contribution >= 4 is 35.4 Å². The predicted octanol–water partition coefficient (Wildman–Crippen LogP) is 5.46. The smallest absolute Gasteiger partial charge is 0.271 e. The molecule has 33 heavy (non-hydrogen) atoms. The molecule has 0 spiro atoms. The van der Waals surface area contributed by atoms with Crippen LogP contribution >= 0.6 is 24.0 Å². The van der Waals surface area contributed by atoms with Gasteiger partial charge in [0.2, 0.25) is 0 Å². The summed E-state index contributed by atoms with van der Waals surface area (Å²) in [5.74, 6) is -0.412. The van der Waals surface area contributed by atoms with E-state index in [9.17, 15) is 9.18 Å². The lowest BCUT2D eigenvalue weighted by atomic mass is 9.95. The van der Waals surface area contributed by atoms with Gasteiger partial charge in [-0.3, -0.25) is 4.79 Å². The first-order valence-electron chi connectivity index (χ1n) is 10.8. The van der Waals surface area contributed by atoms with Crippen molar-refractivity contribution in [2.75, 3.05) is 26.2 Å². The normalized spacial score (nSPS) is 13.7. The predicted molar refractivity (Wildman–Crippen MR) is 133 cm³/mol. The van der Waals surface area contributed by atoms with E-state index in [0.717, 1.165) is 35.3 Å². The van der Waals surface area contributed by atoms with E-state index in [1.165, 1.54) is 6.07 Å². The Hall–Kier alpha value is -2.86. The number of benzene rings is 2. The first-order chi connectivity index (χ1) is 15.6. The molecule has 0 bridgehead atoms. The van der Waals surface area contributed by atoms with E-state index in [1.807, 2.05) is 64.0 Å². The number of carbonyl (C=O) groups excluding carboxylic acids is 1. The molecule has 2 aromatic carbocycles. The molecule has 1 amide bonds. The molecule has 3 heterocycles. The Balaban J connectivity index is 0.00000259. The first kappa shape index (κ1) is 23.3. The van der Waals surface area contributed by atoms with Gasteiger partial charge in [0.1, 0.15) is 11.5 Å². The maximum Gasteiger partial charge on any atom is 0.271 e. The van der Waals surface area contributed by atoms with E-state index < -0.39 is 0 Å². The zero-order valence-electron chi connectivity index (χ0n) is 17.9. The van der Waals surface area contributed by atoms with Gasteiger partial charge >= 0.3 is 0 Å². The van der Waals surface area contributed by atoms with Crippen LogP contribution in [0.3, 0.4) is 0 Å². The van der Waals surface area contributed by atoms with Crippen LogP contribution in [0.2, 0.25) is 5.02 Å². The van der Waals surface area contributed by atoms with Gasteiger partial charge in [-0.2, -0.15) is 0 Å². The molecule has 4 nitrogen and oxygen atoms in total. The highest BCUT2D eigenvalue weighted by atomic mass is 35.5. The number of nitrogens with one attached hydrogen (secondary N) is 1. The third-order valence-electron chi connectivity index (χ3n) is 6.03. The van der Waals surface area contributed by atoms with Crippen molar-refractivity contribution < 1.29 is 9.18 Å². The fraction of sp³-hybridized carbons (Fsp3) is 0.192. The second-order valence-electron chi connectivity index (χ2n) is 7.94. The third kappa shape index (κ3) is 4.36. The van der Waals surface area contributed by atoms with Crippen LogP contribution in [0.5, 0.6) is 0 Å². The van der Waals surface area contributed by atoms with Gasteiger partial charge in [-0.25, -0.2) is 4.39 Å². The Morgan fingerprint density at radius 3 is 2.39 bits per heavy atom. The van der Waals surface area contributed by atoms with Crippen LogP contribution in [-0.2, 0) is 6.42 Å². The minimum absolute atomic E-state index is 0. The summed E-state index contributed by atoms with van der Waals surface area (Å²) in [6.45, 7) is 2.79. The summed E-state index contributed by atoms with van der Waals surface area (Å²) < 4.78 is 16.8. The average Bonchev–Trinajstić information content (AvgIpc) is 3.16. The molecule has 1 aliphatic heterocycles. The number of pyridine rings is 1. The van der Waals surface area contributed by atoms with E-state index >= 15 is 0 Å². The van der Waals surface area contributed by atoms with Crippen molar-refractivity contribution in [3.05, 3.63) is 101 Å². The lowest BCUT2D eigenvalue weighted by Gasteiger charge is -2.28. The van der Waals surface area contributed by atoms with Gasteiger partial charge in [-0.1, -0.05) is 54.1 Å².